The van der Waals surface area contributed by atoms with Crippen molar-refractivity contribution in [2.45, 2.75) is 44.4 Å². The molecule has 0 aliphatic heterocycles. The first-order chi connectivity index (χ1) is 8.69. The molecule has 2 N–H and O–H groups in total. The van der Waals surface area contributed by atoms with Crippen LogP contribution in [0.5, 0.6) is 0 Å². The molecule has 1 saturated carbocycles. The van der Waals surface area contributed by atoms with Crippen LogP contribution >= 0.6 is 11.8 Å². The van der Waals surface area contributed by atoms with Crippen molar-refractivity contribution in [3.8, 4) is 0 Å². The summed E-state index contributed by atoms with van der Waals surface area (Å²) in [5.74, 6) is 2.24. The third kappa shape index (κ3) is 3.41. The number of aromatic nitrogens is 1. The molecule has 0 unspecified atom stereocenters. The fourth-order valence-electron chi connectivity index (χ4n) is 2.25. The van der Waals surface area contributed by atoms with Crippen LogP contribution in [0.4, 0.5) is 10.6 Å². The average molecular weight is 269 g/mol. The molecule has 0 saturated heterocycles. The van der Waals surface area contributed by atoms with E-state index < -0.39 is 0 Å². The van der Waals surface area contributed by atoms with E-state index in [0.29, 0.717) is 16.8 Å². The number of hydrogen-bond donors (Lipinski definition) is 2. The molecular formula is C12H19N3O2S. The number of hydrogen-bond acceptors (Lipinski definition) is 4. The zero-order valence-electron chi connectivity index (χ0n) is 10.7. The Balaban J connectivity index is 1.83. The second kappa shape index (κ2) is 6.13. The zero-order chi connectivity index (χ0) is 13.0. The van der Waals surface area contributed by atoms with Gasteiger partial charge < -0.3 is 9.84 Å². The SMILES string of the molecule is CCS[C@H]1CCC[C@@H]1NC(=O)Nc1cc(C)on1. The van der Waals surface area contributed by atoms with Gasteiger partial charge in [-0.1, -0.05) is 18.5 Å². The highest BCUT2D eigenvalue weighted by Gasteiger charge is 2.28. The number of thioether (sulfide) groups is 1. The highest BCUT2D eigenvalue weighted by Crippen LogP contribution is 2.29. The molecule has 1 fully saturated rings. The van der Waals surface area contributed by atoms with Gasteiger partial charge in [0.25, 0.3) is 0 Å². The summed E-state index contributed by atoms with van der Waals surface area (Å²) in [5, 5.41) is 9.98. The molecule has 0 aromatic carbocycles. The van der Waals surface area contributed by atoms with Crippen molar-refractivity contribution in [3.63, 3.8) is 0 Å². The van der Waals surface area contributed by atoms with E-state index in [4.69, 9.17) is 4.52 Å². The summed E-state index contributed by atoms with van der Waals surface area (Å²) < 4.78 is 4.90. The number of amides is 2. The summed E-state index contributed by atoms with van der Waals surface area (Å²) in [5.41, 5.74) is 0. The van der Waals surface area contributed by atoms with Gasteiger partial charge in [0.2, 0.25) is 0 Å². The van der Waals surface area contributed by atoms with Gasteiger partial charge in [-0.25, -0.2) is 4.79 Å². The van der Waals surface area contributed by atoms with Crippen molar-refractivity contribution in [1.29, 1.82) is 0 Å². The molecular weight excluding hydrogens is 250 g/mol. The minimum atomic E-state index is -0.197. The van der Waals surface area contributed by atoms with Gasteiger partial charge in [0.05, 0.1) is 0 Å². The van der Waals surface area contributed by atoms with Crippen LogP contribution in [0.3, 0.4) is 0 Å². The standard InChI is InChI=1S/C12H19N3O2S/c1-3-18-10-6-4-5-9(10)13-12(16)14-11-7-8(2)17-15-11/h7,9-10H,3-6H2,1-2H3,(H2,13,14,15,16)/t9-,10-/m0/s1. The first-order valence-electron chi connectivity index (χ1n) is 6.31. The molecule has 0 bridgehead atoms. The first kappa shape index (κ1) is 13.3. The van der Waals surface area contributed by atoms with Gasteiger partial charge in [0.1, 0.15) is 5.76 Å². The Hall–Kier alpha value is -1.17. The highest BCUT2D eigenvalue weighted by atomic mass is 32.2. The minimum absolute atomic E-state index is 0.197. The maximum absolute atomic E-state index is 11.8. The van der Waals surface area contributed by atoms with Gasteiger partial charge in [-0.3, -0.25) is 5.32 Å². The largest absolute Gasteiger partial charge is 0.360 e. The number of rotatable bonds is 4. The van der Waals surface area contributed by atoms with Crippen LogP contribution in [0.2, 0.25) is 0 Å². The van der Waals surface area contributed by atoms with Crippen molar-refractivity contribution in [3.05, 3.63) is 11.8 Å². The maximum atomic E-state index is 11.8. The maximum Gasteiger partial charge on any atom is 0.320 e. The number of anilines is 1. The van der Waals surface area contributed by atoms with Gasteiger partial charge in [0, 0.05) is 17.4 Å². The van der Waals surface area contributed by atoms with Gasteiger partial charge >= 0.3 is 6.03 Å². The zero-order valence-corrected chi connectivity index (χ0v) is 11.5. The lowest BCUT2D eigenvalue weighted by Crippen LogP contribution is -2.41. The second-order valence-corrected chi connectivity index (χ2v) is 5.97. The topological polar surface area (TPSA) is 67.2 Å². The van der Waals surface area contributed by atoms with Crippen molar-refractivity contribution in [2.24, 2.45) is 0 Å². The Morgan fingerprint density at radius 3 is 3.11 bits per heavy atom. The number of carbonyl (C=O) groups excluding carboxylic acids is 1. The van der Waals surface area contributed by atoms with Crippen LogP contribution in [-0.2, 0) is 0 Å². The monoisotopic (exact) mass is 269 g/mol. The number of urea groups is 1. The van der Waals surface area contributed by atoms with Crippen LogP contribution in [-0.4, -0.2) is 28.2 Å². The minimum Gasteiger partial charge on any atom is -0.360 e. The lowest BCUT2D eigenvalue weighted by atomic mass is 10.2. The molecule has 2 amide bonds. The Morgan fingerprint density at radius 1 is 1.61 bits per heavy atom. The predicted octanol–water partition coefficient (Wildman–Crippen LogP) is 2.78. The van der Waals surface area contributed by atoms with Crippen LogP contribution in [0.25, 0.3) is 0 Å². The van der Waals surface area contributed by atoms with Crippen molar-refractivity contribution >= 4 is 23.6 Å². The first-order valence-corrected chi connectivity index (χ1v) is 7.36. The van der Waals surface area contributed by atoms with E-state index in [1.165, 1.54) is 12.8 Å². The fourth-order valence-corrected chi connectivity index (χ4v) is 3.45. The van der Waals surface area contributed by atoms with E-state index in [1.807, 2.05) is 11.8 Å². The Kier molecular flexibility index (Phi) is 4.52. The molecule has 1 aromatic rings. The van der Waals surface area contributed by atoms with E-state index in [1.54, 1.807) is 13.0 Å². The van der Waals surface area contributed by atoms with Gasteiger partial charge in [-0.15, -0.1) is 0 Å². The summed E-state index contributed by atoms with van der Waals surface area (Å²) in [6, 6.07) is 1.77. The highest BCUT2D eigenvalue weighted by molar-refractivity contribution is 7.99. The number of aryl methyl sites for hydroxylation is 1. The van der Waals surface area contributed by atoms with Crippen molar-refractivity contribution in [1.82, 2.24) is 10.5 Å². The van der Waals surface area contributed by atoms with Gasteiger partial charge in [-0.05, 0) is 25.5 Å². The summed E-state index contributed by atoms with van der Waals surface area (Å²) in [4.78, 5) is 11.8. The lowest BCUT2D eigenvalue weighted by molar-refractivity contribution is 0.248. The quantitative estimate of drug-likeness (QED) is 0.882. The number of nitrogens with zero attached hydrogens (tertiary/aromatic N) is 1. The second-order valence-electron chi connectivity index (χ2n) is 4.45. The Bertz CT molecular complexity index is 408. The van der Waals surface area contributed by atoms with Gasteiger partial charge in [0.15, 0.2) is 5.82 Å². The van der Waals surface area contributed by atoms with E-state index in [2.05, 4.69) is 22.7 Å². The van der Waals surface area contributed by atoms with Crippen LogP contribution in [0, 0.1) is 6.92 Å². The summed E-state index contributed by atoms with van der Waals surface area (Å²) in [6.45, 7) is 3.94. The third-order valence-corrected chi connectivity index (χ3v) is 4.35. The van der Waals surface area contributed by atoms with Crippen LogP contribution in [0.15, 0.2) is 10.6 Å². The van der Waals surface area contributed by atoms with E-state index in [9.17, 15) is 4.79 Å². The Labute approximate surface area is 111 Å². The molecule has 5 nitrogen and oxygen atoms in total. The molecule has 18 heavy (non-hydrogen) atoms. The molecule has 6 heteroatoms. The van der Waals surface area contributed by atoms with Crippen molar-refractivity contribution in [2.75, 3.05) is 11.1 Å². The average Bonchev–Trinajstić information content (AvgIpc) is 2.90. The summed E-state index contributed by atoms with van der Waals surface area (Å²) >= 11 is 1.92. The van der Waals surface area contributed by atoms with Gasteiger partial charge in [-0.2, -0.15) is 11.8 Å². The summed E-state index contributed by atoms with van der Waals surface area (Å²) in [7, 11) is 0. The molecule has 0 radical (unpaired) electrons. The van der Waals surface area contributed by atoms with Crippen molar-refractivity contribution < 1.29 is 9.32 Å². The molecule has 1 aliphatic carbocycles. The molecule has 2 atom stereocenters. The molecule has 2 rings (SSSR count). The number of nitrogens with one attached hydrogen (secondary N) is 2. The molecule has 0 spiro atoms. The van der Waals surface area contributed by atoms with Crippen LogP contribution in [0.1, 0.15) is 31.9 Å². The van der Waals surface area contributed by atoms with E-state index in [0.717, 1.165) is 12.2 Å². The van der Waals surface area contributed by atoms with Crippen LogP contribution < -0.4 is 10.6 Å². The smallest absolute Gasteiger partial charge is 0.320 e. The molecule has 100 valence electrons. The Morgan fingerprint density at radius 2 is 2.44 bits per heavy atom. The fraction of sp³-hybridized carbons (Fsp3) is 0.667. The molecule has 1 heterocycles. The normalized spacial score (nSPS) is 23.0. The van der Waals surface area contributed by atoms with E-state index in [-0.39, 0.29) is 12.1 Å². The third-order valence-electron chi connectivity index (χ3n) is 3.02. The van der Waals surface area contributed by atoms with E-state index >= 15 is 0 Å². The number of carbonyl (C=O) groups is 1. The summed E-state index contributed by atoms with van der Waals surface area (Å²) in [6.07, 6.45) is 3.43. The molecule has 1 aromatic heterocycles. The predicted molar refractivity (Wildman–Crippen MR) is 73.0 cm³/mol. The lowest BCUT2D eigenvalue weighted by Gasteiger charge is -2.19. The molecule has 1 aliphatic rings.